The summed E-state index contributed by atoms with van der Waals surface area (Å²) in [6, 6.07) is 9.79. The highest BCUT2D eigenvalue weighted by atomic mass is 16.5. The SMILES string of the molecule is COCc1ccccc1N1CC(C#N)CC1=O. The second-order valence-corrected chi connectivity index (χ2v) is 4.10. The van der Waals surface area contributed by atoms with E-state index in [1.54, 1.807) is 12.0 Å². The zero-order valence-electron chi connectivity index (χ0n) is 9.72. The third-order valence-corrected chi connectivity index (χ3v) is 2.89. The van der Waals surface area contributed by atoms with Gasteiger partial charge in [0.05, 0.1) is 18.6 Å². The van der Waals surface area contributed by atoms with Gasteiger partial charge in [-0.25, -0.2) is 0 Å². The van der Waals surface area contributed by atoms with E-state index in [1.165, 1.54) is 0 Å². The molecule has 0 N–H and O–H groups in total. The molecule has 0 saturated carbocycles. The van der Waals surface area contributed by atoms with Crippen LogP contribution in [0.5, 0.6) is 0 Å². The number of carbonyl (C=O) groups is 1. The molecule has 1 aliphatic heterocycles. The third kappa shape index (κ3) is 2.29. The van der Waals surface area contributed by atoms with E-state index in [0.717, 1.165) is 11.3 Å². The van der Waals surface area contributed by atoms with Gasteiger partial charge in [0.25, 0.3) is 0 Å². The second kappa shape index (κ2) is 4.98. The van der Waals surface area contributed by atoms with Crippen molar-refractivity contribution < 1.29 is 9.53 Å². The molecule has 1 unspecified atom stereocenters. The summed E-state index contributed by atoms with van der Waals surface area (Å²) in [5.41, 5.74) is 1.83. The summed E-state index contributed by atoms with van der Waals surface area (Å²) < 4.78 is 5.11. The van der Waals surface area contributed by atoms with Crippen LogP contribution in [0, 0.1) is 17.2 Å². The number of benzene rings is 1. The normalized spacial score (nSPS) is 19.4. The molecule has 1 saturated heterocycles. The Morgan fingerprint density at radius 2 is 2.29 bits per heavy atom. The average Bonchev–Trinajstić information content (AvgIpc) is 2.72. The van der Waals surface area contributed by atoms with E-state index in [2.05, 4.69) is 6.07 Å². The van der Waals surface area contributed by atoms with E-state index < -0.39 is 0 Å². The van der Waals surface area contributed by atoms with E-state index in [-0.39, 0.29) is 11.8 Å². The Morgan fingerprint density at radius 1 is 1.53 bits per heavy atom. The summed E-state index contributed by atoms with van der Waals surface area (Å²) in [6.07, 6.45) is 0.317. The molecule has 1 aromatic carbocycles. The van der Waals surface area contributed by atoms with Crippen molar-refractivity contribution in [3.63, 3.8) is 0 Å². The molecular formula is C13H14N2O2. The van der Waals surface area contributed by atoms with E-state index >= 15 is 0 Å². The number of anilines is 1. The first-order chi connectivity index (χ1) is 8.26. The Hall–Kier alpha value is -1.86. The quantitative estimate of drug-likeness (QED) is 0.794. The van der Waals surface area contributed by atoms with Gasteiger partial charge in [0.15, 0.2) is 0 Å². The number of carbonyl (C=O) groups excluding carboxylic acids is 1. The van der Waals surface area contributed by atoms with Crippen LogP contribution in [0.15, 0.2) is 24.3 Å². The topological polar surface area (TPSA) is 53.3 Å². The van der Waals surface area contributed by atoms with Crippen LogP contribution >= 0.6 is 0 Å². The van der Waals surface area contributed by atoms with Crippen LogP contribution in [-0.2, 0) is 16.1 Å². The highest BCUT2D eigenvalue weighted by Gasteiger charge is 2.31. The minimum absolute atomic E-state index is 0.0140. The van der Waals surface area contributed by atoms with Crippen LogP contribution in [0.4, 0.5) is 5.69 Å². The first kappa shape index (κ1) is 11.6. The van der Waals surface area contributed by atoms with Crippen LogP contribution in [0.1, 0.15) is 12.0 Å². The maximum Gasteiger partial charge on any atom is 0.228 e. The van der Waals surface area contributed by atoms with Gasteiger partial charge in [-0.15, -0.1) is 0 Å². The van der Waals surface area contributed by atoms with Crippen molar-refractivity contribution in [1.29, 1.82) is 5.26 Å². The van der Waals surface area contributed by atoms with Gasteiger partial charge >= 0.3 is 0 Å². The first-order valence-electron chi connectivity index (χ1n) is 5.53. The first-order valence-corrected chi connectivity index (χ1v) is 5.53. The van der Waals surface area contributed by atoms with Crippen molar-refractivity contribution in [2.24, 2.45) is 5.92 Å². The van der Waals surface area contributed by atoms with Gasteiger partial charge in [-0.3, -0.25) is 4.79 Å². The molecular weight excluding hydrogens is 216 g/mol. The predicted octanol–water partition coefficient (Wildman–Crippen LogP) is 1.71. The molecule has 4 heteroatoms. The number of hydrogen-bond acceptors (Lipinski definition) is 3. The lowest BCUT2D eigenvalue weighted by molar-refractivity contribution is -0.117. The number of para-hydroxylation sites is 1. The lowest BCUT2D eigenvalue weighted by Gasteiger charge is -2.19. The Kier molecular flexibility index (Phi) is 3.40. The van der Waals surface area contributed by atoms with Crippen molar-refractivity contribution in [2.45, 2.75) is 13.0 Å². The largest absolute Gasteiger partial charge is 0.380 e. The molecule has 0 spiro atoms. The van der Waals surface area contributed by atoms with Gasteiger partial charge in [-0.2, -0.15) is 5.26 Å². The van der Waals surface area contributed by atoms with Crippen LogP contribution in [-0.4, -0.2) is 19.6 Å². The minimum atomic E-state index is -0.196. The number of nitrogens with zero attached hydrogens (tertiary/aromatic N) is 2. The summed E-state index contributed by atoms with van der Waals surface area (Å²) in [7, 11) is 1.63. The zero-order chi connectivity index (χ0) is 12.3. The lowest BCUT2D eigenvalue weighted by atomic mass is 10.1. The molecule has 2 rings (SSSR count). The molecule has 88 valence electrons. The second-order valence-electron chi connectivity index (χ2n) is 4.10. The molecule has 0 aromatic heterocycles. The van der Waals surface area contributed by atoms with E-state index in [9.17, 15) is 4.79 Å². The van der Waals surface area contributed by atoms with Gasteiger partial charge in [0.1, 0.15) is 0 Å². The van der Waals surface area contributed by atoms with Crippen molar-refractivity contribution in [1.82, 2.24) is 0 Å². The zero-order valence-corrected chi connectivity index (χ0v) is 9.72. The summed E-state index contributed by atoms with van der Waals surface area (Å²) in [5.74, 6) is -0.182. The molecule has 0 radical (unpaired) electrons. The van der Waals surface area contributed by atoms with Crippen molar-refractivity contribution >= 4 is 11.6 Å². The molecule has 1 aliphatic rings. The summed E-state index contributed by atoms with van der Waals surface area (Å²) in [4.78, 5) is 13.5. The smallest absolute Gasteiger partial charge is 0.228 e. The fraction of sp³-hybridized carbons (Fsp3) is 0.385. The fourth-order valence-corrected chi connectivity index (χ4v) is 2.08. The van der Waals surface area contributed by atoms with E-state index in [1.807, 2.05) is 24.3 Å². The van der Waals surface area contributed by atoms with E-state index in [4.69, 9.17) is 10.00 Å². The van der Waals surface area contributed by atoms with Gasteiger partial charge in [0.2, 0.25) is 5.91 Å². The minimum Gasteiger partial charge on any atom is -0.380 e. The Morgan fingerprint density at radius 3 is 2.94 bits per heavy atom. The lowest BCUT2D eigenvalue weighted by Crippen LogP contribution is -2.25. The van der Waals surface area contributed by atoms with Crippen LogP contribution in [0.2, 0.25) is 0 Å². The average molecular weight is 230 g/mol. The monoisotopic (exact) mass is 230 g/mol. The molecule has 1 amide bonds. The summed E-state index contributed by atoms with van der Waals surface area (Å²) in [5, 5.41) is 8.87. The molecule has 1 heterocycles. The van der Waals surface area contributed by atoms with Crippen molar-refractivity contribution in [3.05, 3.63) is 29.8 Å². The van der Waals surface area contributed by atoms with Gasteiger partial charge in [-0.05, 0) is 6.07 Å². The maximum absolute atomic E-state index is 11.8. The Balaban J connectivity index is 2.28. The number of amides is 1. The molecule has 1 atom stereocenters. The Bertz CT molecular complexity index is 465. The van der Waals surface area contributed by atoms with Crippen LogP contribution in [0.25, 0.3) is 0 Å². The van der Waals surface area contributed by atoms with Crippen molar-refractivity contribution in [2.75, 3.05) is 18.6 Å². The molecule has 1 fully saturated rings. The predicted molar refractivity (Wildman–Crippen MR) is 63.2 cm³/mol. The highest BCUT2D eigenvalue weighted by Crippen LogP contribution is 2.28. The maximum atomic E-state index is 11.8. The third-order valence-electron chi connectivity index (χ3n) is 2.89. The molecule has 4 nitrogen and oxygen atoms in total. The molecule has 17 heavy (non-hydrogen) atoms. The molecule has 0 aliphatic carbocycles. The van der Waals surface area contributed by atoms with Crippen molar-refractivity contribution in [3.8, 4) is 6.07 Å². The van der Waals surface area contributed by atoms with Gasteiger partial charge in [0, 0.05) is 31.3 Å². The number of ether oxygens (including phenoxy) is 1. The number of nitriles is 1. The Labute approximate surface area is 100 Å². The van der Waals surface area contributed by atoms with E-state index in [0.29, 0.717) is 19.6 Å². The van der Waals surface area contributed by atoms with Gasteiger partial charge < -0.3 is 9.64 Å². The molecule has 1 aromatic rings. The number of hydrogen-bond donors (Lipinski definition) is 0. The number of rotatable bonds is 3. The van der Waals surface area contributed by atoms with Crippen LogP contribution in [0.3, 0.4) is 0 Å². The number of methoxy groups -OCH3 is 1. The fourth-order valence-electron chi connectivity index (χ4n) is 2.08. The summed E-state index contributed by atoms with van der Waals surface area (Å²) >= 11 is 0. The standard InChI is InChI=1S/C13H14N2O2/c1-17-9-11-4-2-3-5-12(11)15-8-10(7-14)6-13(15)16/h2-5,10H,6,8-9H2,1H3. The van der Waals surface area contributed by atoms with Crippen LogP contribution < -0.4 is 4.90 Å². The summed E-state index contributed by atoms with van der Waals surface area (Å²) in [6.45, 7) is 0.952. The van der Waals surface area contributed by atoms with Gasteiger partial charge in [-0.1, -0.05) is 18.2 Å². The highest BCUT2D eigenvalue weighted by molar-refractivity contribution is 5.96. The molecule has 0 bridgehead atoms.